The fraction of sp³-hybridized carbons (Fsp3) is 0.238. The van der Waals surface area contributed by atoms with E-state index in [4.69, 9.17) is 4.74 Å². The van der Waals surface area contributed by atoms with E-state index in [1.807, 2.05) is 58.0 Å². The molecular formula is C21H20N2O4. The summed E-state index contributed by atoms with van der Waals surface area (Å²) in [4.78, 5) is 26.1. The summed E-state index contributed by atoms with van der Waals surface area (Å²) in [6.45, 7) is 0.929. The molecular weight excluding hydrogens is 344 g/mol. The van der Waals surface area contributed by atoms with Gasteiger partial charge in [-0.3, -0.25) is 9.59 Å². The number of aliphatic carboxylic acids is 1. The summed E-state index contributed by atoms with van der Waals surface area (Å²) in [7, 11) is 1.59. The predicted molar refractivity (Wildman–Crippen MR) is 101 cm³/mol. The number of carbonyl (C=O) groups is 2. The predicted octanol–water partition coefficient (Wildman–Crippen LogP) is 2.93. The summed E-state index contributed by atoms with van der Waals surface area (Å²) in [5.74, 6) is -0.213. The Balaban J connectivity index is 1.76. The highest BCUT2D eigenvalue weighted by Crippen LogP contribution is 2.33. The van der Waals surface area contributed by atoms with Crippen LogP contribution in [0.25, 0.3) is 10.9 Å². The molecule has 3 aromatic rings. The molecule has 1 N–H and O–H groups in total. The molecule has 6 nitrogen and oxygen atoms in total. The highest BCUT2D eigenvalue weighted by Gasteiger charge is 2.27. The highest BCUT2D eigenvalue weighted by atomic mass is 16.5. The van der Waals surface area contributed by atoms with Gasteiger partial charge in [-0.2, -0.15) is 0 Å². The van der Waals surface area contributed by atoms with E-state index < -0.39 is 5.97 Å². The number of nitrogens with zero attached hydrogens (tertiary/aromatic N) is 2. The topological polar surface area (TPSA) is 71.8 Å². The summed E-state index contributed by atoms with van der Waals surface area (Å²) in [6, 6.07) is 14.9. The van der Waals surface area contributed by atoms with Crippen molar-refractivity contribution in [2.75, 3.05) is 13.7 Å². The van der Waals surface area contributed by atoms with Crippen molar-refractivity contribution in [3.63, 3.8) is 0 Å². The molecule has 0 radical (unpaired) electrons. The second-order valence-corrected chi connectivity index (χ2v) is 6.63. The van der Waals surface area contributed by atoms with Gasteiger partial charge in [0.1, 0.15) is 12.3 Å². The number of rotatable bonds is 4. The van der Waals surface area contributed by atoms with Crippen LogP contribution in [-0.2, 0) is 24.3 Å². The molecule has 1 aliphatic rings. The Bertz CT molecular complexity index is 1020. The molecule has 0 fully saturated rings. The number of benzene rings is 2. The molecule has 138 valence electrons. The van der Waals surface area contributed by atoms with Crippen LogP contribution in [0.5, 0.6) is 5.75 Å². The lowest BCUT2D eigenvalue weighted by molar-refractivity contribution is -0.137. The monoisotopic (exact) mass is 364 g/mol. The van der Waals surface area contributed by atoms with Crippen molar-refractivity contribution in [1.29, 1.82) is 0 Å². The Morgan fingerprint density at radius 1 is 1.15 bits per heavy atom. The first-order valence-corrected chi connectivity index (χ1v) is 8.82. The van der Waals surface area contributed by atoms with E-state index in [1.54, 1.807) is 7.11 Å². The molecule has 0 bridgehead atoms. The minimum absolute atomic E-state index is 0.00565. The average Bonchev–Trinajstić information content (AvgIpc) is 3.00. The van der Waals surface area contributed by atoms with Crippen LogP contribution >= 0.6 is 0 Å². The molecule has 1 aliphatic heterocycles. The summed E-state index contributed by atoms with van der Waals surface area (Å²) in [5, 5.41) is 10.3. The first kappa shape index (κ1) is 17.1. The number of aromatic nitrogens is 1. The summed E-state index contributed by atoms with van der Waals surface area (Å²) in [5.41, 5.74) is 3.50. The average molecular weight is 364 g/mol. The van der Waals surface area contributed by atoms with Gasteiger partial charge in [-0.25, -0.2) is 0 Å². The van der Waals surface area contributed by atoms with Crippen molar-refractivity contribution in [2.24, 2.45) is 0 Å². The zero-order valence-corrected chi connectivity index (χ0v) is 15.0. The molecule has 0 unspecified atom stereocenters. The number of amides is 1. The molecule has 0 atom stereocenters. The van der Waals surface area contributed by atoms with Crippen LogP contribution in [0.15, 0.2) is 48.5 Å². The molecule has 2 aromatic carbocycles. The molecule has 1 aromatic heterocycles. The van der Waals surface area contributed by atoms with E-state index in [1.165, 1.54) is 0 Å². The van der Waals surface area contributed by atoms with Crippen molar-refractivity contribution in [1.82, 2.24) is 9.47 Å². The fourth-order valence-corrected chi connectivity index (χ4v) is 3.81. The van der Waals surface area contributed by atoms with Crippen LogP contribution < -0.4 is 4.74 Å². The quantitative estimate of drug-likeness (QED) is 0.773. The standard InChI is InChI=1S/C21H20N2O4/c1-27-15-7-8-16-17-12-22(21(26)14-5-3-2-4-6-14)10-9-18(17)23(13-20(24)25)19(16)11-15/h2-8,11H,9-10,12-13H2,1H3,(H,24,25). The lowest BCUT2D eigenvalue weighted by Crippen LogP contribution is -2.36. The number of carboxylic acid groups (broad SMARTS) is 1. The first-order valence-electron chi connectivity index (χ1n) is 8.82. The normalized spacial score (nSPS) is 13.4. The molecule has 1 amide bonds. The molecule has 27 heavy (non-hydrogen) atoms. The second kappa shape index (κ2) is 6.79. The van der Waals surface area contributed by atoms with Gasteiger partial charge in [0.05, 0.1) is 12.6 Å². The number of hydrogen-bond acceptors (Lipinski definition) is 3. The van der Waals surface area contributed by atoms with Gasteiger partial charge in [-0.15, -0.1) is 0 Å². The van der Waals surface area contributed by atoms with E-state index in [0.717, 1.165) is 22.2 Å². The van der Waals surface area contributed by atoms with Crippen LogP contribution in [0.2, 0.25) is 0 Å². The van der Waals surface area contributed by atoms with E-state index in [-0.39, 0.29) is 12.5 Å². The maximum atomic E-state index is 12.8. The molecule has 4 rings (SSSR count). The Morgan fingerprint density at radius 2 is 1.93 bits per heavy atom. The van der Waals surface area contributed by atoms with E-state index in [0.29, 0.717) is 30.8 Å². The van der Waals surface area contributed by atoms with Gasteiger partial charge in [0.15, 0.2) is 0 Å². The third-order valence-corrected chi connectivity index (χ3v) is 5.06. The Kier molecular flexibility index (Phi) is 4.32. The smallest absolute Gasteiger partial charge is 0.323 e. The number of fused-ring (bicyclic) bond motifs is 3. The molecule has 0 aliphatic carbocycles. The zero-order valence-electron chi connectivity index (χ0n) is 15.0. The third-order valence-electron chi connectivity index (χ3n) is 5.06. The SMILES string of the molecule is COc1ccc2c3c(n(CC(=O)O)c2c1)CCN(C(=O)c1ccccc1)C3. The van der Waals surface area contributed by atoms with E-state index in [9.17, 15) is 14.7 Å². The lowest BCUT2D eigenvalue weighted by atomic mass is 10.0. The minimum Gasteiger partial charge on any atom is -0.497 e. The molecule has 0 saturated carbocycles. The van der Waals surface area contributed by atoms with Crippen molar-refractivity contribution in [2.45, 2.75) is 19.5 Å². The summed E-state index contributed by atoms with van der Waals surface area (Å²) < 4.78 is 7.14. The number of hydrogen-bond donors (Lipinski definition) is 1. The van der Waals surface area contributed by atoms with Gasteiger partial charge in [-0.05, 0) is 24.3 Å². The summed E-state index contributed by atoms with van der Waals surface area (Å²) >= 11 is 0. The largest absolute Gasteiger partial charge is 0.497 e. The number of ether oxygens (including phenoxy) is 1. The van der Waals surface area contributed by atoms with Gasteiger partial charge >= 0.3 is 5.97 Å². The van der Waals surface area contributed by atoms with Crippen molar-refractivity contribution >= 4 is 22.8 Å². The number of methoxy groups -OCH3 is 1. The van der Waals surface area contributed by atoms with Crippen LogP contribution in [0.4, 0.5) is 0 Å². The van der Waals surface area contributed by atoms with Crippen molar-refractivity contribution in [3.05, 3.63) is 65.4 Å². The van der Waals surface area contributed by atoms with Gasteiger partial charge in [0, 0.05) is 47.8 Å². The summed E-state index contributed by atoms with van der Waals surface area (Å²) in [6.07, 6.45) is 0.623. The van der Waals surface area contributed by atoms with Crippen molar-refractivity contribution < 1.29 is 19.4 Å². The fourth-order valence-electron chi connectivity index (χ4n) is 3.81. The van der Waals surface area contributed by atoms with E-state index in [2.05, 4.69) is 0 Å². The number of carboxylic acids is 1. The lowest BCUT2D eigenvalue weighted by Gasteiger charge is -2.28. The Labute approximate surface area is 156 Å². The van der Waals surface area contributed by atoms with Gasteiger partial charge in [0.25, 0.3) is 5.91 Å². The van der Waals surface area contributed by atoms with Crippen LogP contribution in [-0.4, -0.2) is 40.1 Å². The zero-order chi connectivity index (χ0) is 19.0. The Hall–Kier alpha value is -3.28. The van der Waals surface area contributed by atoms with Crippen LogP contribution in [0, 0.1) is 0 Å². The van der Waals surface area contributed by atoms with Crippen LogP contribution in [0.1, 0.15) is 21.6 Å². The van der Waals surface area contributed by atoms with Gasteiger partial charge in [0.2, 0.25) is 0 Å². The molecule has 0 spiro atoms. The number of carbonyl (C=O) groups excluding carboxylic acids is 1. The maximum absolute atomic E-state index is 12.8. The first-order chi connectivity index (χ1) is 13.1. The van der Waals surface area contributed by atoms with E-state index >= 15 is 0 Å². The minimum atomic E-state index is -0.889. The van der Waals surface area contributed by atoms with Gasteiger partial charge in [-0.1, -0.05) is 18.2 Å². The third kappa shape index (κ3) is 3.03. The van der Waals surface area contributed by atoms with Gasteiger partial charge < -0.3 is 19.3 Å². The maximum Gasteiger partial charge on any atom is 0.323 e. The molecule has 0 saturated heterocycles. The Morgan fingerprint density at radius 3 is 2.63 bits per heavy atom. The van der Waals surface area contributed by atoms with Crippen LogP contribution in [0.3, 0.4) is 0 Å². The molecule has 2 heterocycles. The second-order valence-electron chi connectivity index (χ2n) is 6.63. The van der Waals surface area contributed by atoms with Crippen molar-refractivity contribution in [3.8, 4) is 5.75 Å². The highest BCUT2D eigenvalue weighted by molar-refractivity contribution is 5.95. The molecule has 6 heteroatoms.